The van der Waals surface area contributed by atoms with E-state index >= 15 is 0 Å². The van der Waals surface area contributed by atoms with E-state index in [0.29, 0.717) is 18.4 Å². The van der Waals surface area contributed by atoms with E-state index in [9.17, 15) is 14.7 Å². The lowest BCUT2D eigenvalue weighted by molar-refractivity contribution is -0.149. The molecule has 0 aromatic carbocycles. The van der Waals surface area contributed by atoms with E-state index in [1.54, 1.807) is 13.8 Å². The van der Waals surface area contributed by atoms with Crippen molar-refractivity contribution in [3.8, 4) is 0 Å². The highest BCUT2D eigenvalue weighted by Crippen LogP contribution is 2.36. The molecule has 160 valence electrons. The average Bonchev–Trinajstić information content (AvgIpc) is 2.56. The Balaban J connectivity index is 4.37. The molecule has 0 radical (unpaired) electrons. The molecule has 0 saturated carbocycles. The third-order valence-electron chi connectivity index (χ3n) is 5.84. The summed E-state index contributed by atoms with van der Waals surface area (Å²) in [6.07, 6.45) is 11.4. The Morgan fingerprint density at radius 1 is 0.778 bits per heavy atom. The van der Waals surface area contributed by atoms with Gasteiger partial charge in [-0.2, -0.15) is 0 Å². The van der Waals surface area contributed by atoms with Crippen LogP contribution in [0.3, 0.4) is 0 Å². The Hall–Kier alpha value is -1.06. The maximum absolute atomic E-state index is 12.5. The zero-order valence-corrected chi connectivity index (χ0v) is 19.0. The second kappa shape index (κ2) is 11.7. The molecular weight excluding hydrogens is 338 g/mol. The maximum Gasteiger partial charge on any atom is 0.309 e. The molecule has 0 aliphatic carbocycles. The Morgan fingerprint density at radius 3 is 1.70 bits per heavy atom. The first kappa shape index (κ1) is 25.9. The summed E-state index contributed by atoms with van der Waals surface area (Å²) in [5, 5.41) is 12.3. The Kier molecular flexibility index (Phi) is 11.2. The summed E-state index contributed by atoms with van der Waals surface area (Å²) < 4.78 is 0. The Morgan fingerprint density at radius 2 is 1.26 bits per heavy atom. The van der Waals surface area contributed by atoms with Crippen molar-refractivity contribution in [3.05, 3.63) is 0 Å². The summed E-state index contributed by atoms with van der Waals surface area (Å²) in [7, 11) is 0. The molecule has 4 heteroatoms. The van der Waals surface area contributed by atoms with Crippen LogP contribution < -0.4 is 5.32 Å². The second-order valence-electron chi connectivity index (χ2n) is 9.98. The molecule has 0 aromatic heterocycles. The number of rotatable bonds is 15. The number of carbonyl (C=O) groups excluding carboxylic acids is 1. The van der Waals surface area contributed by atoms with Gasteiger partial charge in [-0.15, -0.1) is 0 Å². The minimum absolute atomic E-state index is 0.0449. The summed E-state index contributed by atoms with van der Waals surface area (Å²) in [5.74, 6) is -0.904. The van der Waals surface area contributed by atoms with E-state index in [-0.39, 0.29) is 5.91 Å². The molecule has 0 unspecified atom stereocenters. The number of nitrogens with one attached hydrogen (secondary N) is 1. The molecule has 27 heavy (non-hydrogen) atoms. The van der Waals surface area contributed by atoms with Gasteiger partial charge in [-0.25, -0.2) is 0 Å². The van der Waals surface area contributed by atoms with E-state index < -0.39 is 16.8 Å². The van der Waals surface area contributed by atoms with Crippen molar-refractivity contribution in [2.75, 3.05) is 6.54 Å². The van der Waals surface area contributed by atoms with Crippen molar-refractivity contribution < 1.29 is 14.7 Å². The highest BCUT2D eigenvalue weighted by atomic mass is 16.4. The fourth-order valence-corrected chi connectivity index (χ4v) is 3.96. The minimum Gasteiger partial charge on any atom is -0.481 e. The fourth-order valence-electron chi connectivity index (χ4n) is 3.96. The normalized spacial score (nSPS) is 12.9. The number of carbonyl (C=O) groups is 2. The van der Waals surface area contributed by atoms with Crippen molar-refractivity contribution in [1.29, 1.82) is 0 Å². The van der Waals surface area contributed by atoms with E-state index in [2.05, 4.69) is 26.1 Å². The fraction of sp³-hybridized carbons (Fsp3) is 0.913. The van der Waals surface area contributed by atoms with Crippen LogP contribution in [-0.2, 0) is 9.59 Å². The number of carboxylic acid groups (broad SMARTS) is 1. The predicted molar refractivity (Wildman–Crippen MR) is 114 cm³/mol. The van der Waals surface area contributed by atoms with Crippen LogP contribution >= 0.6 is 0 Å². The standard InChI is InChI=1S/C23H45NO3/c1-8-10-14-23(7,15-11-9-2)16-12-13-17-24-19(25)21(3,4)18-22(5,6)20(26)27/h8-18H2,1-7H3,(H,24,25)(H,26,27). The molecule has 0 aromatic rings. The third kappa shape index (κ3) is 10.2. The van der Waals surface area contributed by atoms with Gasteiger partial charge in [-0.3, -0.25) is 9.59 Å². The highest BCUT2D eigenvalue weighted by molar-refractivity contribution is 5.83. The quantitative estimate of drug-likeness (QED) is 0.331. The molecule has 0 aliphatic rings. The average molecular weight is 384 g/mol. The van der Waals surface area contributed by atoms with E-state index in [0.717, 1.165) is 12.8 Å². The number of aliphatic carboxylic acids is 1. The first-order valence-corrected chi connectivity index (χ1v) is 10.9. The molecule has 0 atom stereocenters. The highest BCUT2D eigenvalue weighted by Gasteiger charge is 2.38. The van der Waals surface area contributed by atoms with Crippen LogP contribution in [0.25, 0.3) is 0 Å². The van der Waals surface area contributed by atoms with Crippen molar-refractivity contribution in [2.45, 2.75) is 113 Å². The van der Waals surface area contributed by atoms with Gasteiger partial charge >= 0.3 is 5.97 Å². The molecular formula is C23H45NO3. The number of carboxylic acids is 1. The molecule has 0 saturated heterocycles. The van der Waals surface area contributed by atoms with Crippen molar-refractivity contribution in [2.24, 2.45) is 16.2 Å². The molecule has 2 N–H and O–H groups in total. The topological polar surface area (TPSA) is 66.4 Å². The smallest absolute Gasteiger partial charge is 0.309 e. The molecule has 0 spiro atoms. The Labute approximate surface area is 167 Å². The van der Waals surface area contributed by atoms with Gasteiger partial charge in [0, 0.05) is 12.0 Å². The van der Waals surface area contributed by atoms with Gasteiger partial charge in [0.2, 0.25) is 5.91 Å². The maximum atomic E-state index is 12.5. The molecule has 1 amide bonds. The Bertz CT molecular complexity index is 447. The summed E-state index contributed by atoms with van der Waals surface area (Å²) in [6.45, 7) is 14.6. The molecule has 0 fully saturated rings. The zero-order valence-electron chi connectivity index (χ0n) is 19.0. The lowest BCUT2D eigenvalue weighted by atomic mass is 9.74. The molecule has 0 heterocycles. The van der Waals surface area contributed by atoms with Crippen molar-refractivity contribution in [1.82, 2.24) is 5.32 Å². The van der Waals surface area contributed by atoms with Gasteiger partial charge in [0.25, 0.3) is 0 Å². The first-order valence-electron chi connectivity index (χ1n) is 10.9. The minimum atomic E-state index is -0.902. The van der Waals surface area contributed by atoms with Crippen LogP contribution in [0.5, 0.6) is 0 Å². The second-order valence-corrected chi connectivity index (χ2v) is 9.98. The van der Waals surface area contributed by atoms with Gasteiger partial charge in [-0.05, 0) is 51.4 Å². The van der Waals surface area contributed by atoms with E-state index in [1.807, 2.05) is 13.8 Å². The number of unbranched alkanes of at least 4 members (excludes halogenated alkanes) is 3. The monoisotopic (exact) mass is 383 g/mol. The van der Waals surface area contributed by atoms with E-state index in [4.69, 9.17) is 0 Å². The van der Waals surface area contributed by atoms with Gasteiger partial charge in [0.05, 0.1) is 5.41 Å². The molecule has 0 rings (SSSR count). The largest absolute Gasteiger partial charge is 0.481 e. The zero-order chi connectivity index (χ0) is 21.1. The molecule has 4 nitrogen and oxygen atoms in total. The van der Waals surface area contributed by atoms with Crippen LogP contribution in [0, 0.1) is 16.2 Å². The lowest BCUT2D eigenvalue weighted by Crippen LogP contribution is -2.42. The van der Waals surface area contributed by atoms with Crippen LogP contribution in [0.2, 0.25) is 0 Å². The van der Waals surface area contributed by atoms with Gasteiger partial charge in [0.1, 0.15) is 0 Å². The van der Waals surface area contributed by atoms with Crippen LogP contribution in [0.15, 0.2) is 0 Å². The van der Waals surface area contributed by atoms with E-state index in [1.165, 1.54) is 44.9 Å². The first-order chi connectivity index (χ1) is 12.4. The lowest BCUT2D eigenvalue weighted by Gasteiger charge is -2.31. The predicted octanol–water partition coefficient (Wildman–Crippen LogP) is 6.19. The van der Waals surface area contributed by atoms with Crippen LogP contribution in [0.1, 0.15) is 113 Å². The number of amides is 1. The van der Waals surface area contributed by atoms with Crippen molar-refractivity contribution in [3.63, 3.8) is 0 Å². The molecule has 0 bridgehead atoms. The molecule has 0 aliphatic heterocycles. The summed E-state index contributed by atoms with van der Waals surface area (Å²) in [5.41, 5.74) is -1.15. The third-order valence-corrected chi connectivity index (χ3v) is 5.84. The van der Waals surface area contributed by atoms with Crippen molar-refractivity contribution >= 4 is 11.9 Å². The summed E-state index contributed by atoms with van der Waals surface area (Å²) in [4.78, 5) is 23.8. The van der Waals surface area contributed by atoms with Gasteiger partial charge < -0.3 is 10.4 Å². The SMILES string of the molecule is CCCCC(C)(CCCC)CCCCNC(=O)C(C)(C)CC(C)(C)C(=O)O. The van der Waals surface area contributed by atoms with Gasteiger partial charge in [0.15, 0.2) is 0 Å². The number of hydrogen-bond donors (Lipinski definition) is 2. The van der Waals surface area contributed by atoms with Crippen LogP contribution in [0.4, 0.5) is 0 Å². The van der Waals surface area contributed by atoms with Gasteiger partial charge in [-0.1, -0.05) is 66.7 Å². The number of hydrogen-bond acceptors (Lipinski definition) is 2. The van der Waals surface area contributed by atoms with Crippen LogP contribution in [-0.4, -0.2) is 23.5 Å². The summed E-state index contributed by atoms with van der Waals surface area (Å²) >= 11 is 0. The summed E-state index contributed by atoms with van der Waals surface area (Å²) in [6, 6.07) is 0.